The van der Waals surface area contributed by atoms with Gasteiger partial charge in [-0.3, -0.25) is 14.9 Å². The van der Waals surface area contributed by atoms with Crippen LogP contribution in [0.15, 0.2) is 29.2 Å². The molecule has 0 spiro atoms. The van der Waals surface area contributed by atoms with E-state index >= 15 is 0 Å². The summed E-state index contributed by atoms with van der Waals surface area (Å²) in [5.41, 5.74) is 0. The van der Waals surface area contributed by atoms with Gasteiger partial charge in [0.15, 0.2) is 6.10 Å². The van der Waals surface area contributed by atoms with Gasteiger partial charge in [-0.15, -0.1) is 0 Å². The molecule has 3 atom stereocenters. The number of rotatable bonds is 8. The van der Waals surface area contributed by atoms with Crippen molar-refractivity contribution in [1.82, 2.24) is 15.4 Å². The third-order valence-corrected chi connectivity index (χ3v) is 6.44. The van der Waals surface area contributed by atoms with E-state index in [0.717, 1.165) is 63.3 Å². The van der Waals surface area contributed by atoms with Crippen LogP contribution in [0.1, 0.15) is 46.0 Å². The zero-order chi connectivity index (χ0) is 23.9. The van der Waals surface area contributed by atoms with Crippen molar-refractivity contribution in [1.29, 1.82) is 0 Å². The topological polar surface area (TPSA) is 151 Å². The van der Waals surface area contributed by atoms with Crippen LogP contribution in [0.4, 0.5) is 9.18 Å². The standard InChI is InChI=1S/C20H28FN3O7S/c1-12(25)17(24-32(29,30)16-10-8-14(21)9-11-16)19(27)31-13(2)18(26)23-20(28)22-15-6-4-3-5-7-15/h8-13,15,17,24-25H,3-7H2,1-2H3,(H2,22,23,26,28)/t12-,13+,17+/m1/s1. The lowest BCUT2D eigenvalue weighted by Gasteiger charge is -2.24. The van der Waals surface area contributed by atoms with Crippen LogP contribution in [0.25, 0.3) is 0 Å². The fourth-order valence-electron chi connectivity index (χ4n) is 3.18. The van der Waals surface area contributed by atoms with Crippen molar-refractivity contribution in [3.8, 4) is 0 Å². The molecule has 0 unspecified atom stereocenters. The highest BCUT2D eigenvalue weighted by Gasteiger charge is 2.33. The molecule has 1 aromatic carbocycles. The Bertz CT molecular complexity index is 916. The van der Waals surface area contributed by atoms with Crippen LogP contribution in [-0.4, -0.2) is 55.7 Å². The lowest BCUT2D eigenvalue weighted by molar-refractivity contribution is -0.158. The lowest BCUT2D eigenvalue weighted by Crippen LogP contribution is -2.51. The van der Waals surface area contributed by atoms with Gasteiger partial charge >= 0.3 is 12.0 Å². The number of nitrogens with one attached hydrogen (secondary N) is 3. The number of benzene rings is 1. The number of imide groups is 1. The van der Waals surface area contributed by atoms with Crippen molar-refractivity contribution in [2.45, 2.75) is 75.1 Å². The summed E-state index contributed by atoms with van der Waals surface area (Å²) in [4.78, 5) is 36.2. The van der Waals surface area contributed by atoms with E-state index in [4.69, 9.17) is 4.74 Å². The summed E-state index contributed by atoms with van der Waals surface area (Å²) < 4.78 is 44.8. The van der Waals surface area contributed by atoms with Crippen molar-refractivity contribution < 1.29 is 37.0 Å². The molecule has 1 aromatic rings. The van der Waals surface area contributed by atoms with Gasteiger partial charge in [0.2, 0.25) is 10.0 Å². The summed E-state index contributed by atoms with van der Waals surface area (Å²) in [5, 5.41) is 14.6. The smallest absolute Gasteiger partial charge is 0.327 e. The number of sulfonamides is 1. The maximum Gasteiger partial charge on any atom is 0.327 e. The van der Waals surface area contributed by atoms with Crippen molar-refractivity contribution in [3.05, 3.63) is 30.1 Å². The molecule has 32 heavy (non-hydrogen) atoms. The molecule has 1 saturated carbocycles. The number of hydrogen-bond acceptors (Lipinski definition) is 7. The molecule has 178 valence electrons. The highest BCUT2D eigenvalue weighted by Crippen LogP contribution is 2.17. The third-order valence-electron chi connectivity index (χ3n) is 4.98. The molecule has 4 N–H and O–H groups in total. The van der Waals surface area contributed by atoms with E-state index in [9.17, 15) is 32.3 Å². The van der Waals surface area contributed by atoms with Gasteiger partial charge < -0.3 is 15.2 Å². The highest BCUT2D eigenvalue weighted by atomic mass is 32.2. The molecule has 0 bridgehead atoms. The Labute approximate surface area is 186 Å². The molecular formula is C20H28FN3O7S. The number of halogens is 1. The summed E-state index contributed by atoms with van der Waals surface area (Å²) in [6.45, 7) is 2.36. The fourth-order valence-corrected chi connectivity index (χ4v) is 4.43. The lowest BCUT2D eigenvalue weighted by atomic mass is 9.96. The van der Waals surface area contributed by atoms with Gasteiger partial charge in [0, 0.05) is 6.04 Å². The summed E-state index contributed by atoms with van der Waals surface area (Å²) in [7, 11) is -4.30. The van der Waals surface area contributed by atoms with Crippen LogP contribution in [0.5, 0.6) is 0 Å². The van der Waals surface area contributed by atoms with Crippen molar-refractivity contribution in [2.75, 3.05) is 0 Å². The predicted octanol–water partition coefficient (Wildman–Crippen LogP) is 0.944. The molecule has 1 fully saturated rings. The van der Waals surface area contributed by atoms with Gasteiger partial charge in [-0.2, -0.15) is 4.72 Å². The van der Waals surface area contributed by atoms with E-state index < -0.39 is 52.0 Å². The third kappa shape index (κ3) is 7.53. The largest absolute Gasteiger partial charge is 0.451 e. The Kier molecular flexibility index (Phi) is 9.10. The number of amides is 3. The zero-order valence-electron chi connectivity index (χ0n) is 17.8. The highest BCUT2D eigenvalue weighted by molar-refractivity contribution is 7.89. The Balaban J connectivity index is 1.95. The van der Waals surface area contributed by atoms with E-state index in [1.54, 1.807) is 0 Å². The van der Waals surface area contributed by atoms with Crippen LogP contribution in [0.2, 0.25) is 0 Å². The molecule has 0 aromatic heterocycles. The number of esters is 1. The quantitative estimate of drug-likeness (QED) is 0.410. The van der Waals surface area contributed by atoms with E-state index in [-0.39, 0.29) is 10.9 Å². The summed E-state index contributed by atoms with van der Waals surface area (Å²) in [6.07, 6.45) is 1.76. The van der Waals surface area contributed by atoms with Gasteiger partial charge in [-0.05, 0) is 51.0 Å². The number of aliphatic hydroxyl groups excluding tert-OH is 1. The fraction of sp³-hybridized carbons (Fsp3) is 0.550. The van der Waals surface area contributed by atoms with Gasteiger partial charge in [0.05, 0.1) is 11.0 Å². The SMILES string of the molecule is C[C@H](OC(=O)[C@@H](NS(=O)(=O)c1ccc(F)cc1)[C@@H](C)O)C(=O)NC(=O)NC1CCCCC1. The maximum atomic E-state index is 13.0. The van der Waals surface area contributed by atoms with E-state index in [1.165, 1.54) is 6.92 Å². The van der Waals surface area contributed by atoms with Gasteiger partial charge in [0.1, 0.15) is 11.9 Å². The number of hydrogen-bond donors (Lipinski definition) is 4. The maximum absolute atomic E-state index is 13.0. The summed E-state index contributed by atoms with van der Waals surface area (Å²) >= 11 is 0. The van der Waals surface area contributed by atoms with Gasteiger partial charge in [-0.25, -0.2) is 17.6 Å². The average molecular weight is 474 g/mol. The second-order valence-electron chi connectivity index (χ2n) is 7.67. The Morgan fingerprint density at radius 1 is 1.09 bits per heavy atom. The van der Waals surface area contributed by atoms with Gasteiger partial charge in [0.25, 0.3) is 5.91 Å². The van der Waals surface area contributed by atoms with Crippen molar-refractivity contribution in [2.24, 2.45) is 0 Å². The number of carbonyl (C=O) groups is 3. The Morgan fingerprint density at radius 3 is 2.25 bits per heavy atom. The molecule has 10 nitrogen and oxygen atoms in total. The van der Waals surface area contributed by atoms with Gasteiger partial charge in [-0.1, -0.05) is 19.3 Å². The van der Waals surface area contributed by atoms with Crippen LogP contribution in [0.3, 0.4) is 0 Å². The predicted molar refractivity (Wildman–Crippen MR) is 111 cm³/mol. The molecule has 0 aliphatic heterocycles. The minimum Gasteiger partial charge on any atom is -0.451 e. The molecule has 1 aliphatic carbocycles. The van der Waals surface area contributed by atoms with Crippen LogP contribution in [0, 0.1) is 5.82 Å². The minimum atomic E-state index is -4.30. The molecule has 12 heteroatoms. The molecular weight excluding hydrogens is 445 g/mol. The average Bonchev–Trinajstić information content (AvgIpc) is 2.72. The molecule has 0 saturated heterocycles. The Hall–Kier alpha value is -2.57. The monoisotopic (exact) mass is 473 g/mol. The van der Waals surface area contributed by atoms with E-state index in [2.05, 4.69) is 10.6 Å². The summed E-state index contributed by atoms with van der Waals surface area (Å²) in [6, 6.07) is 1.34. The first-order valence-electron chi connectivity index (χ1n) is 10.3. The number of ether oxygens (including phenoxy) is 1. The first-order valence-corrected chi connectivity index (χ1v) is 11.8. The van der Waals surface area contributed by atoms with Crippen molar-refractivity contribution in [3.63, 3.8) is 0 Å². The number of carbonyl (C=O) groups excluding carboxylic acids is 3. The van der Waals surface area contributed by atoms with E-state index in [0.29, 0.717) is 0 Å². The van der Waals surface area contributed by atoms with Crippen molar-refractivity contribution >= 4 is 27.9 Å². The molecule has 0 radical (unpaired) electrons. The molecule has 1 aliphatic rings. The second-order valence-corrected chi connectivity index (χ2v) is 9.38. The molecule has 3 amide bonds. The molecule has 0 heterocycles. The van der Waals surface area contributed by atoms with E-state index in [1.807, 2.05) is 4.72 Å². The minimum absolute atomic E-state index is 0.0325. The van der Waals surface area contributed by atoms with Crippen LogP contribution < -0.4 is 15.4 Å². The Morgan fingerprint density at radius 2 is 1.69 bits per heavy atom. The number of aliphatic hydroxyl groups is 1. The number of urea groups is 1. The zero-order valence-corrected chi connectivity index (χ0v) is 18.7. The second kappa shape index (κ2) is 11.3. The summed E-state index contributed by atoms with van der Waals surface area (Å²) in [5.74, 6) is -2.78. The normalized spacial score (nSPS) is 17.6. The van der Waals surface area contributed by atoms with Crippen LogP contribution in [-0.2, 0) is 24.3 Å². The first-order chi connectivity index (χ1) is 15.0. The molecule has 2 rings (SSSR count). The van der Waals surface area contributed by atoms with Crippen LogP contribution >= 0.6 is 0 Å². The first kappa shape index (κ1) is 25.7.